The van der Waals surface area contributed by atoms with Gasteiger partial charge in [-0.2, -0.15) is 0 Å². The molecule has 0 saturated carbocycles. The summed E-state index contributed by atoms with van der Waals surface area (Å²) in [5, 5.41) is 0. The van der Waals surface area contributed by atoms with Crippen molar-refractivity contribution in [3.05, 3.63) is 83.4 Å². The summed E-state index contributed by atoms with van der Waals surface area (Å²) in [6.45, 7) is 4.78. The van der Waals surface area contributed by atoms with Crippen LogP contribution in [0.25, 0.3) is 0 Å². The number of carbonyl (C=O) groups excluding carboxylic acids is 5. The van der Waals surface area contributed by atoms with E-state index in [9.17, 15) is 24.0 Å². The highest BCUT2D eigenvalue weighted by atomic mass is 16.6. The Labute approximate surface area is 238 Å². The second-order valence-electron chi connectivity index (χ2n) is 11.6. The zero-order valence-corrected chi connectivity index (χ0v) is 23.4. The maximum absolute atomic E-state index is 13.9. The molecular formula is C31H33N3O7. The zero-order chi connectivity index (χ0) is 29.4. The fraction of sp³-hybridized carbons (Fsp3) is 0.387. The predicted octanol–water partition coefficient (Wildman–Crippen LogP) is 3.84. The average Bonchev–Trinajstić information content (AvgIpc) is 3.58. The van der Waals surface area contributed by atoms with Crippen molar-refractivity contribution < 1.29 is 33.4 Å². The number of imide groups is 2. The van der Waals surface area contributed by atoms with Crippen LogP contribution in [0.5, 0.6) is 0 Å². The van der Waals surface area contributed by atoms with Gasteiger partial charge in [0, 0.05) is 12.0 Å². The third-order valence-corrected chi connectivity index (χ3v) is 7.45. The van der Waals surface area contributed by atoms with Crippen LogP contribution in [0.2, 0.25) is 0 Å². The molecule has 214 valence electrons. The van der Waals surface area contributed by atoms with Crippen LogP contribution in [0.15, 0.2) is 72.3 Å². The van der Waals surface area contributed by atoms with E-state index in [-0.39, 0.29) is 31.6 Å². The van der Waals surface area contributed by atoms with Crippen molar-refractivity contribution in [3.63, 3.8) is 0 Å². The molecule has 5 rings (SSSR count). The van der Waals surface area contributed by atoms with Crippen molar-refractivity contribution >= 4 is 29.9 Å². The van der Waals surface area contributed by atoms with E-state index < -0.39 is 53.6 Å². The van der Waals surface area contributed by atoms with Gasteiger partial charge in [-0.3, -0.25) is 24.2 Å². The lowest BCUT2D eigenvalue weighted by molar-refractivity contribution is -0.156. The molecule has 0 aromatic heterocycles. The molecule has 41 heavy (non-hydrogen) atoms. The molecule has 10 heteroatoms. The summed E-state index contributed by atoms with van der Waals surface area (Å²) in [4.78, 5) is 70.2. The van der Waals surface area contributed by atoms with Crippen LogP contribution >= 0.6 is 0 Å². The first-order valence-electron chi connectivity index (χ1n) is 13.6. The zero-order valence-electron chi connectivity index (χ0n) is 23.4. The minimum absolute atomic E-state index is 0.0198. The number of ether oxygens (including phenoxy) is 2. The lowest BCUT2D eigenvalue weighted by Crippen LogP contribution is -2.51. The number of esters is 1. The molecule has 1 spiro atoms. The number of urea groups is 1. The van der Waals surface area contributed by atoms with Gasteiger partial charge in [-0.25, -0.2) is 14.5 Å². The van der Waals surface area contributed by atoms with E-state index in [1.54, 1.807) is 39.0 Å². The van der Waals surface area contributed by atoms with E-state index in [2.05, 4.69) is 0 Å². The lowest BCUT2D eigenvalue weighted by Gasteiger charge is -2.32. The van der Waals surface area contributed by atoms with Gasteiger partial charge >= 0.3 is 18.1 Å². The van der Waals surface area contributed by atoms with Gasteiger partial charge in [-0.1, -0.05) is 66.7 Å². The average molecular weight is 560 g/mol. The van der Waals surface area contributed by atoms with Gasteiger partial charge in [0.2, 0.25) is 0 Å². The van der Waals surface area contributed by atoms with Gasteiger partial charge in [0.1, 0.15) is 24.3 Å². The first-order chi connectivity index (χ1) is 19.5. The normalized spacial score (nSPS) is 22.4. The monoisotopic (exact) mass is 559 g/mol. The van der Waals surface area contributed by atoms with Crippen molar-refractivity contribution in [3.8, 4) is 0 Å². The highest BCUT2D eigenvalue weighted by Gasteiger charge is 2.60. The van der Waals surface area contributed by atoms with Gasteiger partial charge in [0.25, 0.3) is 11.8 Å². The van der Waals surface area contributed by atoms with Crippen molar-refractivity contribution in [2.24, 2.45) is 0 Å². The second-order valence-corrected chi connectivity index (χ2v) is 11.6. The van der Waals surface area contributed by atoms with E-state index in [0.29, 0.717) is 6.42 Å². The van der Waals surface area contributed by atoms with Crippen LogP contribution in [0.3, 0.4) is 0 Å². The number of amides is 5. The maximum Gasteiger partial charge on any atom is 0.417 e. The van der Waals surface area contributed by atoms with Gasteiger partial charge in [0.15, 0.2) is 0 Å². The largest absolute Gasteiger partial charge is 0.459 e. The molecule has 2 saturated heterocycles. The first-order valence-corrected chi connectivity index (χ1v) is 13.6. The summed E-state index contributed by atoms with van der Waals surface area (Å²) in [7, 11) is 0. The van der Waals surface area contributed by atoms with Gasteiger partial charge in [-0.15, -0.1) is 0 Å². The minimum atomic E-state index is -1.48. The summed E-state index contributed by atoms with van der Waals surface area (Å²) in [5.74, 6) is -1.73. The lowest BCUT2D eigenvalue weighted by atomic mass is 9.92. The van der Waals surface area contributed by atoms with Crippen LogP contribution in [0.1, 0.15) is 44.7 Å². The quantitative estimate of drug-likeness (QED) is 0.374. The molecule has 2 aromatic carbocycles. The van der Waals surface area contributed by atoms with Crippen molar-refractivity contribution in [2.45, 2.75) is 63.8 Å². The number of cyclic esters (lactones) is 1. The van der Waals surface area contributed by atoms with Crippen molar-refractivity contribution in [2.75, 3.05) is 13.2 Å². The number of nitrogens with zero attached hydrogens (tertiary/aromatic N) is 3. The standard InChI is InChI=1S/C31H33N3O7/c1-30(2,3)41-25(35)19-33-28(38)32(18-22-12-8-5-9-13-22)27(37)31(33)15-14-23(17-31)26(36)34-24(20-40-29(34)39)16-21-10-6-4-7-11-21/h4-14,24H,15-20H2,1-3H3/t24-,31?/m0/s1. The number of benzene rings is 2. The number of hydrogen-bond acceptors (Lipinski definition) is 7. The molecule has 1 unspecified atom stereocenters. The molecular weight excluding hydrogens is 526 g/mol. The van der Waals surface area contributed by atoms with E-state index in [4.69, 9.17) is 9.47 Å². The van der Waals surface area contributed by atoms with Crippen LogP contribution in [-0.2, 0) is 36.8 Å². The Balaban J connectivity index is 1.40. The minimum Gasteiger partial charge on any atom is -0.459 e. The maximum atomic E-state index is 13.9. The molecule has 10 nitrogen and oxygen atoms in total. The summed E-state index contributed by atoms with van der Waals surface area (Å²) in [5.41, 5.74) is -0.360. The van der Waals surface area contributed by atoms with Crippen molar-refractivity contribution in [1.29, 1.82) is 0 Å². The molecule has 1 aliphatic carbocycles. The summed E-state index contributed by atoms with van der Waals surface area (Å²) < 4.78 is 10.7. The number of carbonyl (C=O) groups is 5. The topological polar surface area (TPSA) is 114 Å². The van der Waals surface area contributed by atoms with E-state index in [0.717, 1.165) is 20.9 Å². The molecule has 2 aliphatic heterocycles. The SMILES string of the molecule is CC(C)(C)OC(=O)CN1C(=O)N(Cc2ccccc2)C(=O)C12CC=C(C(=O)N1C(=O)OC[C@@H]1Cc1ccccc1)C2. The summed E-state index contributed by atoms with van der Waals surface area (Å²) in [6.07, 6.45) is 1.16. The second kappa shape index (κ2) is 10.8. The third-order valence-electron chi connectivity index (χ3n) is 7.45. The molecule has 2 heterocycles. The molecule has 0 N–H and O–H groups in total. The van der Waals surface area contributed by atoms with E-state index in [1.165, 1.54) is 4.90 Å². The Morgan fingerprint density at radius 2 is 1.61 bits per heavy atom. The van der Waals surface area contributed by atoms with Gasteiger partial charge in [-0.05, 0) is 44.7 Å². The Hall–Kier alpha value is -4.47. The Morgan fingerprint density at radius 1 is 0.976 bits per heavy atom. The molecule has 2 atom stereocenters. The smallest absolute Gasteiger partial charge is 0.417 e. The fourth-order valence-corrected chi connectivity index (χ4v) is 5.59. The van der Waals surface area contributed by atoms with E-state index in [1.807, 2.05) is 48.5 Å². The Morgan fingerprint density at radius 3 is 2.24 bits per heavy atom. The Kier molecular flexibility index (Phi) is 7.42. The highest BCUT2D eigenvalue weighted by Crippen LogP contribution is 2.43. The molecule has 0 bridgehead atoms. The summed E-state index contributed by atoms with van der Waals surface area (Å²) >= 11 is 0. The Bertz CT molecular complexity index is 1400. The number of hydrogen-bond donors (Lipinski definition) is 0. The predicted molar refractivity (Wildman–Crippen MR) is 147 cm³/mol. The molecule has 0 radical (unpaired) electrons. The first kappa shape index (κ1) is 28.1. The van der Waals surface area contributed by atoms with Crippen LogP contribution in [0.4, 0.5) is 9.59 Å². The highest BCUT2D eigenvalue weighted by molar-refractivity contribution is 6.11. The van der Waals surface area contributed by atoms with Crippen molar-refractivity contribution in [1.82, 2.24) is 14.7 Å². The third kappa shape index (κ3) is 5.59. The molecule has 5 amide bonds. The summed E-state index contributed by atoms with van der Waals surface area (Å²) in [6, 6.07) is 17.4. The van der Waals surface area contributed by atoms with Gasteiger partial charge < -0.3 is 9.47 Å². The van der Waals surface area contributed by atoms with Crippen LogP contribution in [0, 0.1) is 0 Å². The van der Waals surface area contributed by atoms with Gasteiger partial charge in [0.05, 0.1) is 12.6 Å². The fourth-order valence-electron chi connectivity index (χ4n) is 5.59. The van der Waals surface area contributed by atoms with E-state index >= 15 is 0 Å². The molecule has 2 aromatic rings. The molecule has 2 fully saturated rings. The number of rotatable bonds is 7. The van der Waals surface area contributed by atoms with Crippen LogP contribution in [-0.4, -0.2) is 74.9 Å². The molecule has 3 aliphatic rings. The van der Waals surface area contributed by atoms with Crippen LogP contribution < -0.4 is 0 Å².